The molecule has 31 heavy (non-hydrogen) atoms. The number of carbonyl (C=O) groups excluding carboxylic acids is 1. The predicted octanol–water partition coefficient (Wildman–Crippen LogP) is 0.822. The van der Waals surface area contributed by atoms with Crippen LogP contribution in [0, 0.1) is 0 Å². The van der Waals surface area contributed by atoms with Gasteiger partial charge in [0.1, 0.15) is 0 Å². The van der Waals surface area contributed by atoms with E-state index in [1.165, 1.54) is 19.5 Å². The van der Waals surface area contributed by atoms with Gasteiger partial charge in [0.25, 0.3) is 0 Å². The van der Waals surface area contributed by atoms with Crippen LogP contribution in [-0.2, 0) is 28.9 Å². The number of piperazine rings is 1. The molecule has 0 aliphatic carbocycles. The number of para-hydroxylation sites is 1. The lowest BCUT2D eigenvalue weighted by Crippen LogP contribution is -2.50. The number of anilines is 1. The lowest BCUT2D eigenvalue weighted by molar-refractivity contribution is -0.117. The van der Waals surface area contributed by atoms with Gasteiger partial charge in [-0.15, -0.1) is 0 Å². The fraction of sp³-hybridized carbons (Fsp3) is 0.333. The van der Waals surface area contributed by atoms with Crippen molar-refractivity contribution >= 4 is 32.7 Å². The lowest BCUT2D eigenvalue weighted by atomic mass is 10.3. The highest BCUT2D eigenvalue weighted by Gasteiger charge is 2.29. The van der Waals surface area contributed by atoms with Gasteiger partial charge >= 0.3 is 5.69 Å². The molecule has 9 nitrogen and oxygen atoms in total. The second-order valence-corrected chi connectivity index (χ2v) is 9.58. The molecule has 3 aromatic rings. The fourth-order valence-corrected chi connectivity index (χ4v) is 5.29. The summed E-state index contributed by atoms with van der Waals surface area (Å²) < 4.78 is 30.6. The summed E-state index contributed by atoms with van der Waals surface area (Å²) in [5, 5.41) is 2.84. The van der Waals surface area contributed by atoms with Crippen LogP contribution in [0.5, 0.6) is 0 Å². The third kappa shape index (κ3) is 4.14. The van der Waals surface area contributed by atoms with Gasteiger partial charge in [0.15, 0.2) is 0 Å². The molecular formula is C21H25N5O4S. The van der Waals surface area contributed by atoms with E-state index in [4.69, 9.17) is 0 Å². The van der Waals surface area contributed by atoms with Crippen LogP contribution in [0.15, 0.2) is 58.2 Å². The van der Waals surface area contributed by atoms with E-state index in [1.54, 1.807) is 26.2 Å². The summed E-state index contributed by atoms with van der Waals surface area (Å²) in [5.41, 5.74) is 1.79. The standard InChI is InChI=1S/C21H25N5O4S/c1-23-18-9-8-17(14-19(18)24(2)21(23)28)31(29,30)26-12-10-25(11-13-26)15-20(27)22-16-6-4-3-5-7-16/h3-9,14H,10-13,15H2,1-2H3,(H,22,27). The number of fused-ring (bicyclic) bond motifs is 1. The van der Waals surface area contributed by atoms with E-state index in [9.17, 15) is 18.0 Å². The Balaban J connectivity index is 1.42. The Kier molecular flexibility index (Phi) is 5.69. The van der Waals surface area contributed by atoms with Crippen molar-refractivity contribution < 1.29 is 13.2 Å². The molecule has 1 aliphatic heterocycles. The van der Waals surface area contributed by atoms with Crippen LogP contribution in [0.2, 0.25) is 0 Å². The summed E-state index contributed by atoms with van der Waals surface area (Å²) >= 11 is 0. The SMILES string of the molecule is Cn1c(=O)n(C)c2cc(S(=O)(=O)N3CCN(CC(=O)Nc4ccccc4)CC3)ccc21. The average molecular weight is 444 g/mol. The summed E-state index contributed by atoms with van der Waals surface area (Å²) in [5.74, 6) is -0.127. The molecule has 1 saturated heterocycles. The number of nitrogens with zero attached hydrogens (tertiary/aromatic N) is 4. The Morgan fingerprint density at radius 1 is 0.935 bits per heavy atom. The molecule has 0 radical (unpaired) electrons. The summed E-state index contributed by atoms with van der Waals surface area (Å²) in [6.07, 6.45) is 0. The van der Waals surface area contributed by atoms with Gasteiger partial charge in [-0.3, -0.25) is 18.8 Å². The molecule has 164 valence electrons. The Labute approximate surface area is 180 Å². The van der Waals surface area contributed by atoms with Crippen molar-refractivity contribution in [2.45, 2.75) is 4.90 Å². The number of carbonyl (C=O) groups is 1. The molecule has 0 atom stereocenters. The van der Waals surface area contributed by atoms with Crippen molar-refractivity contribution in [1.82, 2.24) is 18.3 Å². The minimum absolute atomic E-state index is 0.127. The average Bonchev–Trinajstić information content (AvgIpc) is 2.98. The summed E-state index contributed by atoms with van der Waals surface area (Å²) in [7, 11) is -0.409. The van der Waals surface area contributed by atoms with Crippen LogP contribution >= 0.6 is 0 Å². The maximum atomic E-state index is 13.1. The molecule has 2 heterocycles. The first-order valence-corrected chi connectivity index (χ1v) is 11.4. The minimum Gasteiger partial charge on any atom is -0.325 e. The predicted molar refractivity (Wildman–Crippen MR) is 118 cm³/mol. The summed E-state index contributed by atoms with van der Waals surface area (Å²) in [4.78, 5) is 26.5. The van der Waals surface area contributed by atoms with Gasteiger partial charge < -0.3 is 5.32 Å². The smallest absolute Gasteiger partial charge is 0.325 e. The first kappa shape index (κ1) is 21.3. The molecular weight excluding hydrogens is 418 g/mol. The number of nitrogens with one attached hydrogen (secondary N) is 1. The number of imidazole rings is 1. The number of amides is 1. The number of hydrogen-bond donors (Lipinski definition) is 1. The van der Waals surface area contributed by atoms with Gasteiger partial charge in [-0.05, 0) is 30.3 Å². The van der Waals surface area contributed by atoms with E-state index in [2.05, 4.69) is 5.32 Å². The first-order valence-electron chi connectivity index (χ1n) is 10.0. The molecule has 1 amide bonds. The summed E-state index contributed by atoms with van der Waals surface area (Å²) in [6.45, 7) is 1.74. The normalized spacial score (nSPS) is 15.9. The molecule has 2 aromatic carbocycles. The van der Waals surface area contributed by atoms with Gasteiger partial charge in [-0.25, -0.2) is 13.2 Å². The molecule has 4 rings (SSSR count). The van der Waals surface area contributed by atoms with Gasteiger partial charge in [0, 0.05) is 46.0 Å². The fourth-order valence-electron chi connectivity index (χ4n) is 3.85. The molecule has 1 aliphatic rings. The number of aryl methyl sites for hydroxylation is 2. The van der Waals surface area contributed by atoms with E-state index in [-0.39, 0.29) is 23.0 Å². The highest BCUT2D eigenvalue weighted by atomic mass is 32.2. The largest absolute Gasteiger partial charge is 0.328 e. The number of sulfonamides is 1. The Bertz CT molecular complexity index is 1270. The van der Waals surface area contributed by atoms with Crippen molar-refractivity contribution in [3.63, 3.8) is 0 Å². The van der Waals surface area contributed by atoms with Crippen molar-refractivity contribution in [3.8, 4) is 0 Å². The van der Waals surface area contributed by atoms with Crippen molar-refractivity contribution in [1.29, 1.82) is 0 Å². The minimum atomic E-state index is -3.69. The van der Waals surface area contributed by atoms with Crippen LogP contribution in [0.1, 0.15) is 0 Å². The molecule has 0 saturated carbocycles. The molecule has 0 bridgehead atoms. The maximum Gasteiger partial charge on any atom is 0.328 e. The Morgan fingerprint density at radius 2 is 1.58 bits per heavy atom. The molecule has 0 spiro atoms. The first-order chi connectivity index (χ1) is 14.8. The number of hydrogen-bond acceptors (Lipinski definition) is 5. The van der Waals surface area contributed by atoms with Crippen molar-refractivity contribution in [2.24, 2.45) is 14.1 Å². The number of aromatic nitrogens is 2. The monoisotopic (exact) mass is 443 g/mol. The van der Waals surface area contributed by atoms with Crippen LogP contribution in [0.3, 0.4) is 0 Å². The number of benzene rings is 2. The molecule has 1 aromatic heterocycles. The van der Waals surface area contributed by atoms with Crippen molar-refractivity contribution in [2.75, 3.05) is 38.0 Å². The van der Waals surface area contributed by atoms with Crippen LogP contribution in [-0.4, -0.2) is 65.4 Å². The third-order valence-corrected chi connectivity index (χ3v) is 7.53. The van der Waals surface area contributed by atoms with E-state index < -0.39 is 10.0 Å². The molecule has 1 fully saturated rings. The Morgan fingerprint density at radius 3 is 2.26 bits per heavy atom. The second kappa shape index (κ2) is 8.29. The zero-order valence-corrected chi connectivity index (χ0v) is 18.3. The summed E-state index contributed by atoms with van der Waals surface area (Å²) in [6, 6.07) is 14.0. The second-order valence-electron chi connectivity index (χ2n) is 7.65. The highest BCUT2D eigenvalue weighted by Crippen LogP contribution is 2.22. The molecule has 10 heteroatoms. The third-order valence-electron chi connectivity index (χ3n) is 5.64. The quantitative estimate of drug-likeness (QED) is 0.630. The van der Waals surface area contributed by atoms with Crippen molar-refractivity contribution in [3.05, 3.63) is 59.0 Å². The zero-order chi connectivity index (χ0) is 22.2. The van der Waals surface area contributed by atoms with Gasteiger partial charge in [0.2, 0.25) is 15.9 Å². The van der Waals surface area contributed by atoms with Crippen LogP contribution in [0.25, 0.3) is 11.0 Å². The Hall–Kier alpha value is -2.95. The molecule has 1 N–H and O–H groups in total. The molecule has 0 unspecified atom stereocenters. The van der Waals surface area contributed by atoms with E-state index in [0.29, 0.717) is 37.2 Å². The van der Waals surface area contributed by atoms with Gasteiger partial charge in [0.05, 0.1) is 22.5 Å². The van der Waals surface area contributed by atoms with E-state index >= 15 is 0 Å². The highest BCUT2D eigenvalue weighted by molar-refractivity contribution is 7.89. The maximum absolute atomic E-state index is 13.1. The van der Waals surface area contributed by atoms with Gasteiger partial charge in [-0.2, -0.15) is 4.31 Å². The van der Waals surface area contributed by atoms with E-state index in [1.807, 2.05) is 35.2 Å². The number of rotatable bonds is 5. The van der Waals surface area contributed by atoms with E-state index in [0.717, 1.165) is 5.69 Å². The lowest BCUT2D eigenvalue weighted by Gasteiger charge is -2.33. The van der Waals surface area contributed by atoms with Crippen LogP contribution in [0.4, 0.5) is 5.69 Å². The topological polar surface area (TPSA) is 96.7 Å². The van der Waals surface area contributed by atoms with Gasteiger partial charge in [-0.1, -0.05) is 18.2 Å². The zero-order valence-electron chi connectivity index (χ0n) is 17.5. The van der Waals surface area contributed by atoms with Crippen LogP contribution < -0.4 is 11.0 Å².